The molecule has 0 saturated heterocycles. The van der Waals surface area contributed by atoms with E-state index in [1.807, 2.05) is 6.92 Å². The van der Waals surface area contributed by atoms with Gasteiger partial charge in [-0.15, -0.1) is 0 Å². The summed E-state index contributed by atoms with van der Waals surface area (Å²) < 4.78 is 1.64. The van der Waals surface area contributed by atoms with Crippen molar-refractivity contribution in [2.24, 2.45) is 0 Å². The van der Waals surface area contributed by atoms with Crippen LogP contribution in [0.3, 0.4) is 0 Å². The summed E-state index contributed by atoms with van der Waals surface area (Å²) in [7, 11) is 0. The number of aromatic nitrogens is 5. The molecule has 0 aromatic carbocycles. The quantitative estimate of drug-likeness (QED) is 0.522. The van der Waals surface area contributed by atoms with Gasteiger partial charge in [0.15, 0.2) is 0 Å². The Kier molecular flexibility index (Phi) is 4.80. The van der Waals surface area contributed by atoms with Gasteiger partial charge in [-0.1, -0.05) is 0 Å². The molecule has 9 heteroatoms. The molecule has 0 amide bonds. The second kappa shape index (κ2) is 6.78. The van der Waals surface area contributed by atoms with E-state index in [1.54, 1.807) is 23.3 Å². The van der Waals surface area contributed by atoms with Crippen LogP contribution in [-0.2, 0) is 0 Å². The Bertz CT molecular complexity index is 528. The topological polar surface area (TPSA) is 121 Å². The molecule has 0 unspecified atom stereocenters. The lowest BCUT2D eigenvalue weighted by molar-refractivity contribution is 0.203. The van der Waals surface area contributed by atoms with E-state index in [4.69, 9.17) is 10.2 Å². The summed E-state index contributed by atoms with van der Waals surface area (Å²) >= 11 is 0. The molecule has 2 aromatic rings. The van der Waals surface area contributed by atoms with Crippen molar-refractivity contribution in [2.45, 2.75) is 13.0 Å². The van der Waals surface area contributed by atoms with E-state index < -0.39 is 6.04 Å². The van der Waals surface area contributed by atoms with Crippen molar-refractivity contribution >= 4 is 11.9 Å². The highest BCUT2D eigenvalue weighted by atomic mass is 16.3. The first-order chi connectivity index (χ1) is 9.76. The second-order valence-electron chi connectivity index (χ2n) is 3.99. The Labute approximate surface area is 115 Å². The van der Waals surface area contributed by atoms with E-state index in [0.29, 0.717) is 18.4 Å². The van der Waals surface area contributed by atoms with Gasteiger partial charge < -0.3 is 20.8 Å². The van der Waals surface area contributed by atoms with E-state index in [-0.39, 0.29) is 19.2 Å². The fourth-order valence-corrected chi connectivity index (χ4v) is 1.49. The lowest BCUT2D eigenvalue weighted by Gasteiger charge is -2.14. The smallest absolute Gasteiger partial charge is 0.241 e. The summed E-state index contributed by atoms with van der Waals surface area (Å²) in [6.07, 6.45) is 4.91. The molecule has 0 atom stereocenters. The number of nitrogens with zero attached hydrogens (tertiary/aromatic N) is 5. The first-order valence-corrected chi connectivity index (χ1v) is 6.23. The van der Waals surface area contributed by atoms with E-state index >= 15 is 0 Å². The fourth-order valence-electron chi connectivity index (χ4n) is 1.49. The van der Waals surface area contributed by atoms with Crippen LogP contribution in [-0.4, -0.2) is 60.5 Å². The zero-order chi connectivity index (χ0) is 14.4. The first-order valence-electron chi connectivity index (χ1n) is 6.23. The van der Waals surface area contributed by atoms with Crippen molar-refractivity contribution in [2.75, 3.05) is 30.4 Å². The molecule has 2 rings (SSSR count). The van der Waals surface area contributed by atoms with E-state index in [2.05, 4.69) is 30.6 Å². The number of hydrogen-bond acceptors (Lipinski definition) is 8. The maximum atomic E-state index is 9.09. The molecule has 2 heterocycles. The molecule has 108 valence electrons. The molecule has 9 nitrogen and oxygen atoms in total. The summed E-state index contributed by atoms with van der Waals surface area (Å²) in [6, 6.07) is -0.525. The Balaban J connectivity index is 2.31. The number of hydrogen-bond donors (Lipinski definition) is 4. The van der Waals surface area contributed by atoms with Crippen molar-refractivity contribution in [3.63, 3.8) is 0 Å². The third-order valence-electron chi connectivity index (χ3n) is 2.47. The van der Waals surface area contributed by atoms with Crippen molar-refractivity contribution in [3.8, 4) is 5.95 Å². The van der Waals surface area contributed by atoms with Gasteiger partial charge in [0.1, 0.15) is 6.33 Å². The van der Waals surface area contributed by atoms with Crippen LogP contribution in [0.1, 0.15) is 6.92 Å². The minimum atomic E-state index is -0.525. The summed E-state index contributed by atoms with van der Waals surface area (Å²) in [6.45, 7) is 2.15. The van der Waals surface area contributed by atoms with Crippen molar-refractivity contribution in [3.05, 3.63) is 18.7 Å². The lowest BCUT2D eigenvalue weighted by atomic mass is 10.3. The summed E-state index contributed by atoms with van der Waals surface area (Å²) in [5, 5.41) is 24.0. The average molecular weight is 279 g/mol. The molecule has 0 saturated carbocycles. The van der Waals surface area contributed by atoms with Crippen LogP contribution in [0.5, 0.6) is 0 Å². The third-order valence-corrected chi connectivity index (χ3v) is 2.47. The molecule has 0 bridgehead atoms. The molecule has 4 N–H and O–H groups in total. The van der Waals surface area contributed by atoms with Crippen LogP contribution in [0, 0.1) is 0 Å². The van der Waals surface area contributed by atoms with Gasteiger partial charge in [0.05, 0.1) is 19.3 Å². The van der Waals surface area contributed by atoms with Crippen LogP contribution in [0.15, 0.2) is 18.7 Å². The van der Waals surface area contributed by atoms with Gasteiger partial charge >= 0.3 is 0 Å². The number of imidazole rings is 1. The predicted molar refractivity (Wildman–Crippen MR) is 72.7 cm³/mol. The monoisotopic (exact) mass is 279 g/mol. The average Bonchev–Trinajstić information content (AvgIpc) is 2.99. The predicted octanol–water partition coefficient (Wildman–Crippen LogP) is -0.746. The molecular weight excluding hydrogens is 262 g/mol. The SMILES string of the molecule is CCNc1nc(NC(CO)CO)nc(-n2ccnc2)n1. The van der Waals surface area contributed by atoms with Crippen LogP contribution >= 0.6 is 0 Å². The minimum absolute atomic E-state index is 0.223. The van der Waals surface area contributed by atoms with Crippen molar-refractivity contribution in [1.29, 1.82) is 0 Å². The number of aliphatic hydroxyl groups is 2. The zero-order valence-electron chi connectivity index (χ0n) is 11.1. The van der Waals surface area contributed by atoms with E-state index in [9.17, 15) is 0 Å². The highest BCUT2D eigenvalue weighted by Gasteiger charge is 2.11. The van der Waals surface area contributed by atoms with Gasteiger partial charge in [-0.25, -0.2) is 4.98 Å². The second-order valence-corrected chi connectivity index (χ2v) is 3.99. The standard InChI is InChI=1S/C11H17N7O2/c1-2-13-9-15-10(14-8(5-19)6-20)17-11(16-9)18-4-3-12-7-18/h3-4,7-8,19-20H,2,5-6H2,1H3,(H2,13,14,15,16,17). The lowest BCUT2D eigenvalue weighted by Crippen LogP contribution is -2.29. The number of anilines is 2. The molecule has 20 heavy (non-hydrogen) atoms. The van der Waals surface area contributed by atoms with Gasteiger partial charge in [-0.3, -0.25) is 4.57 Å². The number of nitrogens with one attached hydrogen (secondary N) is 2. The van der Waals surface area contributed by atoms with Crippen LogP contribution in [0.25, 0.3) is 5.95 Å². The molecule has 2 aromatic heterocycles. The summed E-state index contributed by atoms with van der Waals surface area (Å²) in [5.41, 5.74) is 0. The Hall–Kier alpha value is -2.26. The van der Waals surface area contributed by atoms with Gasteiger partial charge in [-0.05, 0) is 6.92 Å². The number of aliphatic hydroxyl groups excluding tert-OH is 2. The highest BCUT2D eigenvalue weighted by molar-refractivity contribution is 5.38. The Morgan fingerprint density at radius 3 is 2.55 bits per heavy atom. The maximum Gasteiger partial charge on any atom is 0.241 e. The third kappa shape index (κ3) is 3.39. The molecule has 0 aliphatic carbocycles. The van der Waals surface area contributed by atoms with Crippen LogP contribution in [0.2, 0.25) is 0 Å². The Morgan fingerprint density at radius 2 is 1.95 bits per heavy atom. The molecule has 0 aliphatic heterocycles. The molecular formula is C11H17N7O2. The first kappa shape index (κ1) is 14.2. The Morgan fingerprint density at radius 1 is 1.20 bits per heavy atom. The van der Waals surface area contributed by atoms with Crippen molar-refractivity contribution in [1.82, 2.24) is 24.5 Å². The zero-order valence-corrected chi connectivity index (χ0v) is 11.1. The molecule has 0 spiro atoms. The maximum absolute atomic E-state index is 9.09. The van der Waals surface area contributed by atoms with Gasteiger partial charge in [-0.2, -0.15) is 15.0 Å². The summed E-state index contributed by atoms with van der Waals surface area (Å²) in [4.78, 5) is 16.6. The van der Waals surface area contributed by atoms with Crippen molar-refractivity contribution < 1.29 is 10.2 Å². The normalized spacial score (nSPS) is 10.8. The fraction of sp³-hybridized carbons (Fsp3) is 0.455. The minimum Gasteiger partial charge on any atom is -0.394 e. The van der Waals surface area contributed by atoms with Crippen LogP contribution < -0.4 is 10.6 Å². The van der Waals surface area contributed by atoms with Crippen LogP contribution in [0.4, 0.5) is 11.9 Å². The summed E-state index contributed by atoms with van der Waals surface area (Å²) in [5.74, 6) is 1.07. The molecule has 0 fully saturated rings. The molecule has 0 aliphatic rings. The van der Waals surface area contributed by atoms with E-state index in [0.717, 1.165) is 0 Å². The molecule has 0 radical (unpaired) electrons. The van der Waals surface area contributed by atoms with Gasteiger partial charge in [0, 0.05) is 18.9 Å². The van der Waals surface area contributed by atoms with E-state index in [1.165, 1.54) is 0 Å². The van der Waals surface area contributed by atoms with Gasteiger partial charge in [0.25, 0.3) is 0 Å². The number of rotatable bonds is 7. The highest BCUT2D eigenvalue weighted by Crippen LogP contribution is 2.10. The largest absolute Gasteiger partial charge is 0.394 e. The van der Waals surface area contributed by atoms with Gasteiger partial charge in [0.2, 0.25) is 17.8 Å².